The van der Waals surface area contributed by atoms with E-state index in [2.05, 4.69) is 10.3 Å². The lowest BCUT2D eigenvalue weighted by molar-refractivity contribution is 0.0702. The predicted octanol–water partition coefficient (Wildman–Crippen LogP) is 1.04. The van der Waals surface area contributed by atoms with E-state index in [1.54, 1.807) is 18.3 Å². The van der Waals surface area contributed by atoms with Gasteiger partial charge in [0, 0.05) is 26.3 Å². The average Bonchev–Trinajstić information content (AvgIpc) is 2.97. The number of fused-ring (bicyclic) bond motifs is 1. The van der Waals surface area contributed by atoms with Gasteiger partial charge in [-0.05, 0) is 12.1 Å². The minimum atomic E-state index is -0.535. The van der Waals surface area contributed by atoms with Crippen molar-refractivity contribution in [3.05, 3.63) is 53.4 Å². The number of nitrogens with zero attached hydrogens (tertiary/aromatic N) is 3. The maximum Gasteiger partial charge on any atom is 0.271 e. The minimum absolute atomic E-state index is 0.0500. The zero-order valence-corrected chi connectivity index (χ0v) is 12.0. The monoisotopic (exact) mass is 302 g/mol. The Bertz CT molecular complexity index is 741. The van der Waals surface area contributed by atoms with Crippen molar-refractivity contribution in [2.45, 2.75) is 13.1 Å². The Morgan fingerprint density at radius 2 is 2.05 bits per heavy atom. The van der Waals surface area contributed by atoms with Crippen molar-refractivity contribution in [1.82, 2.24) is 19.8 Å². The summed E-state index contributed by atoms with van der Waals surface area (Å²) in [4.78, 5) is 29.8. The van der Waals surface area contributed by atoms with Crippen molar-refractivity contribution in [1.29, 1.82) is 0 Å². The van der Waals surface area contributed by atoms with Gasteiger partial charge in [-0.25, -0.2) is 9.37 Å². The Morgan fingerprint density at radius 1 is 1.27 bits per heavy atom. The number of amides is 2. The maximum absolute atomic E-state index is 13.7. The lowest BCUT2D eigenvalue weighted by atomic mass is 10.1. The highest BCUT2D eigenvalue weighted by Gasteiger charge is 2.25. The predicted molar refractivity (Wildman–Crippen MR) is 76.8 cm³/mol. The van der Waals surface area contributed by atoms with Crippen molar-refractivity contribution >= 4 is 11.8 Å². The summed E-state index contributed by atoms with van der Waals surface area (Å²) in [7, 11) is 1.54. The first-order valence-corrected chi connectivity index (χ1v) is 6.92. The van der Waals surface area contributed by atoms with E-state index in [9.17, 15) is 14.0 Å². The van der Waals surface area contributed by atoms with Crippen LogP contribution >= 0.6 is 0 Å². The maximum atomic E-state index is 13.7. The van der Waals surface area contributed by atoms with E-state index in [1.165, 1.54) is 24.1 Å². The number of nitrogens with one attached hydrogen (secondary N) is 1. The van der Waals surface area contributed by atoms with Crippen LogP contribution in [-0.2, 0) is 13.1 Å². The molecule has 22 heavy (non-hydrogen) atoms. The van der Waals surface area contributed by atoms with Crippen LogP contribution in [0.15, 0.2) is 30.5 Å². The van der Waals surface area contributed by atoms with Gasteiger partial charge in [0.2, 0.25) is 0 Å². The molecule has 1 aromatic heterocycles. The third kappa shape index (κ3) is 2.45. The Labute approximate surface area is 126 Å². The molecule has 114 valence electrons. The zero-order chi connectivity index (χ0) is 15.7. The second-order valence-electron chi connectivity index (χ2n) is 5.02. The molecular weight excluding hydrogens is 287 g/mol. The fourth-order valence-electron chi connectivity index (χ4n) is 2.47. The minimum Gasteiger partial charge on any atom is -0.354 e. The summed E-state index contributed by atoms with van der Waals surface area (Å²) in [6.45, 7) is 1.23. The number of carbonyl (C=O) groups excluding carboxylic acids is 2. The van der Waals surface area contributed by atoms with Gasteiger partial charge in [-0.3, -0.25) is 9.59 Å². The molecule has 0 radical (unpaired) electrons. The summed E-state index contributed by atoms with van der Waals surface area (Å²) in [5.41, 5.74) is 0.367. The molecule has 1 aliphatic rings. The fourth-order valence-corrected chi connectivity index (χ4v) is 2.47. The molecule has 6 nitrogen and oxygen atoms in total. The molecule has 1 N–H and O–H groups in total. The Morgan fingerprint density at radius 3 is 2.77 bits per heavy atom. The number of hydrogen-bond donors (Lipinski definition) is 1. The number of carbonyl (C=O) groups is 2. The van der Waals surface area contributed by atoms with E-state index in [4.69, 9.17) is 0 Å². The molecule has 2 aromatic rings. The molecule has 0 aliphatic carbocycles. The van der Waals surface area contributed by atoms with Gasteiger partial charge in [0.15, 0.2) is 0 Å². The van der Waals surface area contributed by atoms with Gasteiger partial charge in [0.1, 0.15) is 17.3 Å². The number of benzene rings is 1. The highest BCUT2D eigenvalue weighted by atomic mass is 19.1. The smallest absolute Gasteiger partial charge is 0.271 e. The summed E-state index contributed by atoms with van der Waals surface area (Å²) in [6, 6.07) is 5.91. The Kier molecular flexibility index (Phi) is 3.62. The molecule has 0 atom stereocenters. The summed E-state index contributed by atoms with van der Waals surface area (Å²) in [5.74, 6) is -0.551. The third-order valence-electron chi connectivity index (χ3n) is 3.65. The second kappa shape index (κ2) is 5.59. The van der Waals surface area contributed by atoms with Gasteiger partial charge in [-0.1, -0.05) is 12.1 Å². The van der Waals surface area contributed by atoms with E-state index in [-0.39, 0.29) is 23.9 Å². The van der Waals surface area contributed by atoms with E-state index in [1.807, 2.05) is 4.57 Å². The Balaban J connectivity index is 1.82. The van der Waals surface area contributed by atoms with Crippen molar-refractivity contribution in [2.75, 3.05) is 13.6 Å². The van der Waals surface area contributed by atoms with E-state index < -0.39 is 5.82 Å². The van der Waals surface area contributed by atoms with Gasteiger partial charge in [-0.15, -0.1) is 0 Å². The van der Waals surface area contributed by atoms with Crippen molar-refractivity contribution in [2.24, 2.45) is 0 Å². The van der Waals surface area contributed by atoms with Crippen LogP contribution in [-0.4, -0.2) is 39.9 Å². The fraction of sp³-hybridized carbons (Fsp3) is 0.267. The number of halogens is 1. The van der Waals surface area contributed by atoms with Crippen molar-refractivity contribution in [3.8, 4) is 0 Å². The molecule has 0 fully saturated rings. The summed E-state index contributed by atoms with van der Waals surface area (Å²) < 4.78 is 15.6. The van der Waals surface area contributed by atoms with Gasteiger partial charge in [-0.2, -0.15) is 0 Å². The van der Waals surface area contributed by atoms with Crippen LogP contribution in [0.1, 0.15) is 26.7 Å². The average molecular weight is 302 g/mol. The molecule has 2 heterocycles. The van der Waals surface area contributed by atoms with E-state index in [0.29, 0.717) is 24.6 Å². The van der Waals surface area contributed by atoms with Crippen LogP contribution in [0, 0.1) is 5.82 Å². The van der Waals surface area contributed by atoms with E-state index >= 15 is 0 Å². The molecule has 2 amide bonds. The quantitative estimate of drug-likeness (QED) is 0.901. The zero-order valence-electron chi connectivity index (χ0n) is 12.0. The Hall–Kier alpha value is -2.70. The van der Waals surface area contributed by atoms with Crippen LogP contribution in [0.4, 0.5) is 4.39 Å². The first-order valence-electron chi connectivity index (χ1n) is 6.92. The molecular formula is C15H15FN4O2. The normalized spacial score (nSPS) is 13.6. The van der Waals surface area contributed by atoms with Crippen LogP contribution in [0.5, 0.6) is 0 Å². The topological polar surface area (TPSA) is 67.2 Å². The highest BCUT2D eigenvalue weighted by Crippen LogP contribution is 2.17. The van der Waals surface area contributed by atoms with Crippen LogP contribution in [0.3, 0.4) is 0 Å². The SMILES string of the molecule is CNC(=O)c1cn2c(n1)CN(C(=O)c1ccccc1F)CC2. The van der Waals surface area contributed by atoms with Gasteiger partial charge >= 0.3 is 0 Å². The van der Waals surface area contributed by atoms with Gasteiger partial charge in [0.05, 0.1) is 12.1 Å². The number of imidazole rings is 1. The summed E-state index contributed by atoms with van der Waals surface area (Å²) in [5, 5.41) is 2.51. The second-order valence-corrected chi connectivity index (χ2v) is 5.02. The lowest BCUT2D eigenvalue weighted by Crippen LogP contribution is -2.38. The van der Waals surface area contributed by atoms with Crippen molar-refractivity contribution < 1.29 is 14.0 Å². The first-order chi connectivity index (χ1) is 10.6. The van der Waals surface area contributed by atoms with Crippen LogP contribution in [0.25, 0.3) is 0 Å². The van der Waals surface area contributed by atoms with Gasteiger partial charge < -0.3 is 14.8 Å². The highest BCUT2D eigenvalue weighted by molar-refractivity contribution is 5.94. The summed E-state index contributed by atoms with van der Waals surface area (Å²) >= 11 is 0. The lowest BCUT2D eigenvalue weighted by Gasteiger charge is -2.27. The van der Waals surface area contributed by atoms with Gasteiger partial charge in [0.25, 0.3) is 11.8 Å². The molecule has 0 spiro atoms. The molecule has 0 unspecified atom stereocenters. The molecule has 3 rings (SSSR count). The molecule has 0 saturated heterocycles. The largest absolute Gasteiger partial charge is 0.354 e. The molecule has 7 heteroatoms. The first kappa shape index (κ1) is 14.2. The van der Waals surface area contributed by atoms with Crippen LogP contribution in [0.2, 0.25) is 0 Å². The van der Waals surface area contributed by atoms with Crippen molar-refractivity contribution in [3.63, 3.8) is 0 Å². The number of aromatic nitrogens is 2. The number of rotatable bonds is 2. The van der Waals surface area contributed by atoms with E-state index in [0.717, 1.165) is 0 Å². The van der Waals surface area contributed by atoms with Crippen LogP contribution < -0.4 is 5.32 Å². The molecule has 1 aliphatic heterocycles. The third-order valence-corrected chi connectivity index (χ3v) is 3.65. The number of hydrogen-bond acceptors (Lipinski definition) is 3. The molecule has 1 aromatic carbocycles. The standard InChI is InChI=1S/C15H15FN4O2/c1-17-14(21)12-8-19-6-7-20(9-13(19)18-12)15(22)10-4-2-3-5-11(10)16/h2-5,8H,6-7,9H2,1H3,(H,17,21). The molecule has 0 saturated carbocycles. The summed E-state index contributed by atoms with van der Waals surface area (Å²) in [6.07, 6.45) is 1.67. The molecule has 0 bridgehead atoms.